The lowest BCUT2D eigenvalue weighted by molar-refractivity contribution is -0.121. The Balaban J connectivity index is 1.92. The molecule has 0 bridgehead atoms. The molecule has 0 atom stereocenters. The zero-order chi connectivity index (χ0) is 21.2. The molecule has 0 unspecified atom stereocenters. The molecule has 2 amide bonds. The minimum atomic E-state index is -0.541. The fourth-order valence-corrected chi connectivity index (χ4v) is 3.50. The van der Waals surface area contributed by atoms with E-state index in [2.05, 4.69) is 5.32 Å². The Morgan fingerprint density at radius 3 is 2.45 bits per heavy atom. The third-order valence-electron chi connectivity index (χ3n) is 4.76. The zero-order valence-electron chi connectivity index (χ0n) is 17.3. The molecule has 0 saturated carbocycles. The molecule has 1 aliphatic heterocycles. The van der Waals surface area contributed by atoms with E-state index in [0.717, 1.165) is 22.5 Å². The van der Waals surface area contributed by atoms with Crippen molar-refractivity contribution in [3.63, 3.8) is 0 Å². The van der Waals surface area contributed by atoms with E-state index in [-0.39, 0.29) is 18.5 Å². The lowest BCUT2D eigenvalue weighted by Gasteiger charge is -2.26. The molecule has 29 heavy (non-hydrogen) atoms. The highest BCUT2D eigenvalue weighted by Gasteiger charge is 2.28. The molecule has 156 valence electrons. The Labute approximate surface area is 176 Å². The van der Waals surface area contributed by atoms with Crippen molar-refractivity contribution in [2.45, 2.75) is 45.8 Å². The van der Waals surface area contributed by atoms with Gasteiger partial charge in [-0.15, -0.1) is 0 Å². The first-order valence-corrected chi connectivity index (χ1v) is 10.1. The Morgan fingerprint density at radius 2 is 1.83 bits per heavy atom. The standard InChI is InChI=1S/C21H27ClN4O3/c1-21(2,3)29-20(28)25-11-9-16-17(10-12-25)26(13-18(27)23-4)24-19(16)14-5-7-15(22)8-6-14/h5-8H,9-13H2,1-4H3,(H,23,27). The molecule has 2 heterocycles. The topological polar surface area (TPSA) is 76.5 Å². The summed E-state index contributed by atoms with van der Waals surface area (Å²) in [5, 5.41) is 8.03. The van der Waals surface area contributed by atoms with Crippen LogP contribution in [0.4, 0.5) is 4.79 Å². The third kappa shape index (κ3) is 5.09. The van der Waals surface area contributed by atoms with Crippen molar-refractivity contribution < 1.29 is 14.3 Å². The number of amides is 2. The maximum absolute atomic E-state index is 12.5. The Bertz CT molecular complexity index is 900. The van der Waals surface area contributed by atoms with E-state index in [1.54, 1.807) is 16.6 Å². The molecular formula is C21H27ClN4O3. The second-order valence-corrected chi connectivity index (χ2v) is 8.52. The van der Waals surface area contributed by atoms with Gasteiger partial charge in [0, 0.05) is 48.4 Å². The van der Waals surface area contributed by atoms with Gasteiger partial charge >= 0.3 is 6.09 Å². The van der Waals surface area contributed by atoms with Gasteiger partial charge in [-0.2, -0.15) is 5.10 Å². The van der Waals surface area contributed by atoms with Crippen LogP contribution in [-0.4, -0.2) is 52.4 Å². The molecule has 1 N–H and O–H groups in total. The predicted molar refractivity (Wildman–Crippen MR) is 112 cm³/mol. The van der Waals surface area contributed by atoms with Gasteiger partial charge in [-0.05, 0) is 39.3 Å². The van der Waals surface area contributed by atoms with E-state index < -0.39 is 5.60 Å². The van der Waals surface area contributed by atoms with Crippen LogP contribution in [0.25, 0.3) is 11.3 Å². The molecule has 0 spiro atoms. The number of ether oxygens (including phenoxy) is 1. The minimum Gasteiger partial charge on any atom is -0.444 e. The summed E-state index contributed by atoms with van der Waals surface area (Å²) in [5.74, 6) is -0.119. The summed E-state index contributed by atoms with van der Waals surface area (Å²) in [7, 11) is 1.61. The maximum atomic E-state index is 12.5. The van der Waals surface area contributed by atoms with E-state index in [0.29, 0.717) is 31.0 Å². The first kappa shape index (κ1) is 21.2. The summed E-state index contributed by atoms with van der Waals surface area (Å²) in [6, 6.07) is 7.49. The number of nitrogens with one attached hydrogen (secondary N) is 1. The second kappa shape index (κ2) is 8.45. The second-order valence-electron chi connectivity index (χ2n) is 8.08. The maximum Gasteiger partial charge on any atom is 0.410 e. The van der Waals surface area contributed by atoms with Crippen LogP contribution in [0, 0.1) is 0 Å². The van der Waals surface area contributed by atoms with Crippen LogP contribution < -0.4 is 5.32 Å². The number of hydrogen-bond donors (Lipinski definition) is 1. The van der Waals surface area contributed by atoms with E-state index in [1.165, 1.54) is 0 Å². The molecule has 0 fully saturated rings. The molecular weight excluding hydrogens is 392 g/mol. The summed E-state index contributed by atoms with van der Waals surface area (Å²) >= 11 is 6.03. The minimum absolute atomic E-state index is 0.119. The number of likely N-dealkylation sites (N-methyl/N-ethyl adjacent to an activating group) is 1. The van der Waals surface area contributed by atoms with E-state index >= 15 is 0 Å². The number of rotatable bonds is 3. The van der Waals surface area contributed by atoms with E-state index in [1.807, 2.05) is 45.0 Å². The molecule has 3 rings (SSSR count). The molecule has 1 aromatic carbocycles. The summed E-state index contributed by atoms with van der Waals surface area (Å²) < 4.78 is 7.28. The largest absolute Gasteiger partial charge is 0.444 e. The summed E-state index contributed by atoms with van der Waals surface area (Å²) in [6.07, 6.45) is 0.924. The zero-order valence-corrected chi connectivity index (χ0v) is 18.0. The molecule has 0 radical (unpaired) electrons. The van der Waals surface area contributed by atoms with Crippen molar-refractivity contribution in [1.29, 1.82) is 0 Å². The van der Waals surface area contributed by atoms with Gasteiger partial charge in [-0.25, -0.2) is 4.79 Å². The van der Waals surface area contributed by atoms with E-state index in [9.17, 15) is 9.59 Å². The van der Waals surface area contributed by atoms with Gasteiger partial charge in [-0.3, -0.25) is 9.48 Å². The van der Waals surface area contributed by atoms with Gasteiger partial charge in [0.2, 0.25) is 5.91 Å². The number of hydrogen-bond acceptors (Lipinski definition) is 4. The highest BCUT2D eigenvalue weighted by molar-refractivity contribution is 6.30. The van der Waals surface area contributed by atoms with Crippen LogP contribution in [0.3, 0.4) is 0 Å². The highest BCUT2D eigenvalue weighted by Crippen LogP contribution is 2.29. The SMILES string of the molecule is CNC(=O)Cn1nc(-c2ccc(Cl)cc2)c2c1CCN(C(=O)OC(C)(C)C)CC2. The lowest BCUT2D eigenvalue weighted by Crippen LogP contribution is -2.38. The predicted octanol–water partition coefficient (Wildman–Crippen LogP) is 3.29. The Hall–Kier alpha value is -2.54. The Kier molecular flexibility index (Phi) is 6.17. The number of carbonyl (C=O) groups is 2. The van der Waals surface area contributed by atoms with Gasteiger partial charge in [0.15, 0.2) is 0 Å². The van der Waals surface area contributed by atoms with Crippen LogP contribution in [-0.2, 0) is 28.9 Å². The quantitative estimate of drug-likeness (QED) is 0.829. The first-order chi connectivity index (χ1) is 13.7. The van der Waals surface area contributed by atoms with Crippen LogP contribution in [0.5, 0.6) is 0 Å². The third-order valence-corrected chi connectivity index (χ3v) is 5.01. The number of halogens is 1. The fraction of sp³-hybridized carbons (Fsp3) is 0.476. The average molecular weight is 419 g/mol. The molecule has 8 heteroatoms. The molecule has 2 aromatic rings. The summed E-state index contributed by atoms with van der Waals surface area (Å²) in [4.78, 5) is 26.3. The lowest BCUT2D eigenvalue weighted by atomic mass is 10.0. The van der Waals surface area contributed by atoms with Crippen molar-refractivity contribution in [2.75, 3.05) is 20.1 Å². The number of benzene rings is 1. The van der Waals surface area contributed by atoms with Gasteiger partial charge in [0.05, 0.1) is 5.69 Å². The number of fused-ring (bicyclic) bond motifs is 1. The molecule has 1 aromatic heterocycles. The van der Waals surface area contributed by atoms with Gasteiger partial charge in [0.1, 0.15) is 12.1 Å². The van der Waals surface area contributed by atoms with Crippen LogP contribution in [0.2, 0.25) is 5.02 Å². The molecule has 7 nitrogen and oxygen atoms in total. The monoisotopic (exact) mass is 418 g/mol. The van der Waals surface area contributed by atoms with Crippen molar-refractivity contribution in [1.82, 2.24) is 20.0 Å². The summed E-state index contributed by atoms with van der Waals surface area (Å²) in [6.45, 7) is 6.76. The number of carbonyl (C=O) groups excluding carboxylic acids is 2. The molecule has 0 saturated heterocycles. The van der Waals surface area contributed by atoms with Crippen LogP contribution in [0.1, 0.15) is 32.0 Å². The van der Waals surface area contributed by atoms with Gasteiger partial charge in [0.25, 0.3) is 0 Å². The number of aromatic nitrogens is 2. The Morgan fingerprint density at radius 1 is 1.17 bits per heavy atom. The molecule has 1 aliphatic rings. The molecule has 0 aliphatic carbocycles. The smallest absolute Gasteiger partial charge is 0.410 e. The van der Waals surface area contributed by atoms with Crippen LogP contribution in [0.15, 0.2) is 24.3 Å². The van der Waals surface area contributed by atoms with Crippen molar-refractivity contribution in [3.8, 4) is 11.3 Å². The highest BCUT2D eigenvalue weighted by atomic mass is 35.5. The van der Waals surface area contributed by atoms with Crippen molar-refractivity contribution in [3.05, 3.63) is 40.5 Å². The first-order valence-electron chi connectivity index (χ1n) is 9.71. The normalized spacial score (nSPS) is 14.2. The van der Waals surface area contributed by atoms with Crippen molar-refractivity contribution in [2.24, 2.45) is 0 Å². The summed E-state index contributed by atoms with van der Waals surface area (Å²) in [5.41, 5.74) is 3.26. The fourth-order valence-electron chi connectivity index (χ4n) is 3.37. The van der Waals surface area contributed by atoms with Crippen LogP contribution >= 0.6 is 11.6 Å². The van der Waals surface area contributed by atoms with Gasteiger partial charge in [-0.1, -0.05) is 23.7 Å². The average Bonchev–Trinajstić information content (AvgIpc) is 2.84. The van der Waals surface area contributed by atoms with Gasteiger partial charge < -0.3 is 15.0 Å². The van der Waals surface area contributed by atoms with E-state index in [4.69, 9.17) is 21.4 Å². The number of nitrogens with zero attached hydrogens (tertiary/aromatic N) is 3. The van der Waals surface area contributed by atoms with Crippen molar-refractivity contribution >= 4 is 23.6 Å².